The zero-order chi connectivity index (χ0) is 17.4. The van der Waals surface area contributed by atoms with Crippen molar-refractivity contribution in [3.05, 3.63) is 35.8 Å². The number of carbonyl (C=O) groups excluding carboxylic acids is 1. The maximum atomic E-state index is 13.6. The first-order chi connectivity index (χ1) is 12.1. The second-order valence-electron chi connectivity index (χ2n) is 7.40. The van der Waals surface area contributed by atoms with E-state index < -0.39 is 0 Å². The van der Waals surface area contributed by atoms with Gasteiger partial charge in [0.05, 0.1) is 5.52 Å². The Labute approximate surface area is 147 Å². The molecule has 1 N–H and O–H groups in total. The lowest BCUT2D eigenvalue weighted by Crippen LogP contribution is -2.40. The number of nitrogens with zero attached hydrogens (tertiary/aromatic N) is 2. The molecule has 1 aliphatic carbocycles. The largest absolute Gasteiger partial charge is 0.384 e. The summed E-state index contributed by atoms with van der Waals surface area (Å²) in [6, 6.07) is 6.70. The predicted molar refractivity (Wildman–Crippen MR) is 97.0 cm³/mol. The van der Waals surface area contributed by atoms with E-state index in [1.807, 2.05) is 17.9 Å². The van der Waals surface area contributed by atoms with Crippen molar-refractivity contribution >= 4 is 22.5 Å². The summed E-state index contributed by atoms with van der Waals surface area (Å²) in [4.78, 5) is 18.6. The van der Waals surface area contributed by atoms with Crippen molar-refractivity contribution in [3.8, 4) is 0 Å². The molecule has 1 aliphatic heterocycles. The second-order valence-corrected chi connectivity index (χ2v) is 7.40. The number of fused-ring (bicyclic) bond motifs is 1. The fourth-order valence-electron chi connectivity index (χ4n) is 3.68. The quantitative estimate of drug-likeness (QED) is 0.921. The Morgan fingerprint density at radius 2 is 2.00 bits per heavy atom. The molecule has 2 aliphatic rings. The Hall–Kier alpha value is -2.17. The van der Waals surface area contributed by atoms with E-state index in [0.717, 1.165) is 67.6 Å². The van der Waals surface area contributed by atoms with Gasteiger partial charge < -0.3 is 10.2 Å². The first-order valence-corrected chi connectivity index (χ1v) is 9.20. The molecule has 0 atom stereocenters. The minimum absolute atomic E-state index is 0.243. The van der Waals surface area contributed by atoms with Crippen molar-refractivity contribution in [2.45, 2.75) is 32.6 Å². The summed E-state index contributed by atoms with van der Waals surface area (Å²) in [7, 11) is 0. The zero-order valence-electron chi connectivity index (χ0n) is 14.6. The van der Waals surface area contributed by atoms with Crippen LogP contribution >= 0.6 is 0 Å². The molecule has 0 unspecified atom stereocenters. The first kappa shape index (κ1) is 16.3. The van der Waals surface area contributed by atoms with Gasteiger partial charge in [-0.3, -0.25) is 9.78 Å². The normalized spacial score (nSPS) is 18.6. The summed E-state index contributed by atoms with van der Waals surface area (Å²) in [5.41, 5.74) is 2.68. The molecule has 1 saturated carbocycles. The third-order valence-corrected chi connectivity index (χ3v) is 5.33. The van der Waals surface area contributed by atoms with Gasteiger partial charge in [-0.25, -0.2) is 4.39 Å². The van der Waals surface area contributed by atoms with E-state index >= 15 is 0 Å². The molecule has 2 heterocycles. The van der Waals surface area contributed by atoms with Crippen LogP contribution in [0.1, 0.15) is 31.4 Å². The number of hydrogen-bond acceptors (Lipinski definition) is 3. The number of rotatable bonds is 4. The molecule has 1 amide bonds. The first-order valence-electron chi connectivity index (χ1n) is 9.20. The number of pyridine rings is 1. The zero-order valence-corrected chi connectivity index (χ0v) is 14.6. The minimum atomic E-state index is -0.243. The Morgan fingerprint density at radius 3 is 2.72 bits per heavy atom. The Kier molecular flexibility index (Phi) is 4.32. The molecule has 1 saturated heterocycles. The van der Waals surface area contributed by atoms with Crippen LogP contribution in [0.5, 0.6) is 0 Å². The minimum Gasteiger partial charge on any atom is -0.384 e. The standard InChI is InChI=1S/C20H24FN3O/c1-13-10-19(17-11-16(21)4-5-18(17)23-13)22-12-14-6-8-24(9-7-14)20(25)15-2-3-15/h4-5,10-11,14-15H,2-3,6-9,12H2,1H3,(H,22,23). The van der Waals surface area contributed by atoms with Crippen molar-refractivity contribution < 1.29 is 9.18 Å². The lowest BCUT2D eigenvalue weighted by atomic mass is 9.96. The van der Waals surface area contributed by atoms with Gasteiger partial charge in [-0.1, -0.05) is 0 Å². The van der Waals surface area contributed by atoms with E-state index in [1.165, 1.54) is 6.07 Å². The lowest BCUT2D eigenvalue weighted by molar-refractivity contribution is -0.133. The average Bonchev–Trinajstić information content (AvgIpc) is 3.45. The van der Waals surface area contributed by atoms with Crippen molar-refractivity contribution in [2.24, 2.45) is 11.8 Å². The summed E-state index contributed by atoms with van der Waals surface area (Å²) in [5.74, 6) is 0.974. The summed E-state index contributed by atoms with van der Waals surface area (Å²) in [6.45, 7) is 4.54. The average molecular weight is 341 g/mol. The number of aromatic nitrogens is 1. The number of aryl methyl sites for hydroxylation is 1. The summed E-state index contributed by atoms with van der Waals surface area (Å²) < 4.78 is 13.6. The number of halogens is 1. The second kappa shape index (κ2) is 6.62. The number of carbonyl (C=O) groups is 1. The molecule has 1 aromatic carbocycles. The summed E-state index contributed by atoms with van der Waals surface area (Å²) in [5, 5.41) is 4.32. The molecule has 1 aromatic heterocycles. The van der Waals surface area contributed by atoms with E-state index in [-0.39, 0.29) is 5.82 Å². The Balaban J connectivity index is 1.39. The molecule has 132 valence electrons. The van der Waals surface area contributed by atoms with Crippen LogP contribution < -0.4 is 5.32 Å². The molecule has 4 rings (SSSR count). The number of amides is 1. The van der Waals surface area contributed by atoms with Crippen LogP contribution in [0.25, 0.3) is 10.9 Å². The van der Waals surface area contributed by atoms with Gasteiger partial charge in [0.25, 0.3) is 0 Å². The number of likely N-dealkylation sites (tertiary alicyclic amines) is 1. The van der Waals surface area contributed by atoms with Gasteiger partial charge in [0.2, 0.25) is 5.91 Å². The van der Waals surface area contributed by atoms with Gasteiger partial charge in [-0.05, 0) is 62.8 Å². The van der Waals surface area contributed by atoms with E-state index in [1.54, 1.807) is 12.1 Å². The van der Waals surface area contributed by atoms with Gasteiger partial charge in [0, 0.05) is 42.3 Å². The van der Waals surface area contributed by atoms with Crippen LogP contribution in [0, 0.1) is 24.6 Å². The smallest absolute Gasteiger partial charge is 0.225 e. The van der Waals surface area contributed by atoms with Crippen molar-refractivity contribution in [2.75, 3.05) is 25.0 Å². The van der Waals surface area contributed by atoms with Crippen LogP contribution in [0.3, 0.4) is 0 Å². The Morgan fingerprint density at radius 1 is 1.24 bits per heavy atom. The van der Waals surface area contributed by atoms with Gasteiger partial charge in [-0.2, -0.15) is 0 Å². The van der Waals surface area contributed by atoms with E-state index in [2.05, 4.69) is 10.3 Å². The topological polar surface area (TPSA) is 45.2 Å². The fraction of sp³-hybridized carbons (Fsp3) is 0.500. The van der Waals surface area contributed by atoms with E-state index in [9.17, 15) is 9.18 Å². The van der Waals surface area contributed by atoms with Crippen molar-refractivity contribution in [1.29, 1.82) is 0 Å². The van der Waals surface area contributed by atoms with Gasteiger partial charge >= 0.3 is 0 Å². The molecular formula is C20H24FN3O. The highest BCUT2D eigenvalue weighted by Crippen LogP contribution is 2.32. The predicted octanol–water partition coefficient (Wildman–Crippen LogP) is 3.74. The highest BCUT2D eigenvalue weighted by Gasteiger charge is 2.34. The van der Waals surface area contributed by atoms with Crippen LogP contribution in [0.15, 0.2) is 24.3 Å². The van der Waals surface area contributed by atoms with Gasteiger partial charge in [-0.15, -0.1) is 0 Å². The highest BCUT2D eigenvalue weighted by molar-refractivity contribution is 5.91. The SMILES string of the molecule is Cc1cc(NCC2CCN(C(=O)C3CC3)CC2)c2cc(F)ccc2n1. The number of nitrogens with one attached hydrogen (secondary N) is 1. The number of benzene rings is 1. The molecule has 5 heteroatoms. The number of anilines is 1. The molecular weight excluding hydrogens is 317 g/mol. The molecule has 25 heavy (non-hydrogen) atoms. The fourth-order valence-corrected chi connectivity index (χ4v) is 3.68. The monoisotopic (exact) mass is 341 g/mol. The Bertz CT molecular complexity index is 795. The molecule has 2 fully saturated rings. The van der Waals surface area contributed by atoms with Crippen LogP contribution in [0.4, 0.5) is 10.1 Å². The van der Waals surface area contributed by atoms with E-state index in [4.69, 9.17) is 0 Å². The molecule has 0 radical (unpaired) electrons. The third kappa shape index (κ3) is 3.60. The van der Waals surface area contributed by atoms with E-state index in [0.29, 0.717) is 17.7 Å². The highest BCUT2D eigenvalue weighted by atomic mass is 19.1. The lowest BCUT2D eigenvalue weighted by Gasteiger charge is -2.32. The molecule has 0 spiro atoms. The van der Waals surface area contributed by atoms with Gasteiger partial charge in [0.15, 0.2) is 0 Å². The van der Waals surface area contributed by atoms with Gasteiger partial charge in [0.1, 0.15) is 5.82 Å². The maximum absolute atomic E-state index is 13.6. The van der Waals surface area contributed by atoms with Crippen molar-refractivity contribution in [1.82, 2.24) is 9.88 Å². The third-order valence-electron chi connectivity index (χ3n) is 5.33. The van der Waals surface area contributed by atoms with Crippen LogP contribution in [-0.4, -0.2) is 35.4 Å². The van der Waals surface area contributed by atoms with Crippen LogP contribution in [0.2, 0.25) is 0 Å². The number of hydrogen-bond donors (Lipinski definition) is 1. The maximum Gasteiger partial charge on any atom is 0.225 e. The summed E-state index contributed by atoms with van der Waals surface area (Å²) >= 11 is 0. The summed E-state index contributed by atoms with van der Waals surface area (Å²) in [6.07, 6.45) is 4.21. The van der Waals surface area contributed by atoms with Crippen LogP contribution in [-0.2, 0) is 4.79 Å². The molecule has 0 bridgehead atoms. The van der Waals surface area contributed by atoms with Crippen molar-refractivity contribution in [3.63, 3.8) is 0 Å². The molecule has 2 aromatic rings. The number of piperidine rings is 1. The molecule has 4 nitrogen and oxygen atoms in total.